The van der Waals surface area contributed by atoms with Crippen LogP contribution in [0, 0.1) is 17.8 Å². The smallest absolute Gasteiger partial charge is 0.312 e. The van der Waals surface area contributed by atoms with Gasteiger partial charge >= 0.3 is 5.97 Å². The van der Waals surface area contributed by atoms with Crippen LogP contribution in [0.4, 0.5) is 0 Å². The van der Waals surface area contributed by atoms with E-state index in [1.165, 1.54) is 4.90 Å². The molecule has 3 rings (SSSR count). The van der Waals surface area contributed by atoms with E-state index in [0.717, 1.165) is 0 Å². The van der Waals surface area contributed by atoms with Crippen LogP contribution in [0.25, 0.3) is 0 Å². The largest absolute Gasteiger partial charge is 0.466 e. The van der Waals surface area contributed by atoms with E-state index in [1.807, 2.05) is 27.7 Å². The number of fused-ring (bicyclic) bond motifs is 1. The average Bonchev–Trinajstić information content (AvgIpc) is 3.30. The summed E-state index contributed by atoms with van der Waals surface area (Å²) in [5, 5.41) is 10.2. The van der Waals surface area contributed by atoms with Gasteiger partial charge in [-0.2, -0.15) is 0 Å². The second kappa shape index (κ2) is 9.43. The van der Waals surface area contributed by atoms with Crippen molar-refractivity contribution in [2.45, 2.75) is 75.7 Å². The summed E-state index contributed by atoms with van der Waals surface area (Å²) in [6, 6.07) is -1.64. The molecule has 9 heteroatoms. The lowest BCUT2D eigenvalue weighted by atomic mass is 9.70. The summed E-state index contributed by atoms with van der Waals surface area (Å²) >= 11 is 3.63. The van der Waals surface area contributed by atoms with Crippen LogP contribution in [0.1, 0.15) is 41.0 Å². The molecular weight excluding hydrogens is 480 g/mol. The van der Waals surface area contributed by atoms with Crippen molar-refractivity contribution in [1.82, 2.24) is 9.80 Å². The zero-order valence-electron chi connectivity index (χ0n) is 19.5. The molecule has 0 aromatic rings. The standard InChI is InChI=1S/C23H35BrN2O6/c1-7-9-25(13(5)6)21(29)19-23-10-14(24)18(32-23)16(22(30)31-8-2)17(23)20(28)26(19)15(11-27)12(3)4/h7,12-19,27H,1,8-11H2,2-6H3/t14?,15-,16+,17-,18+,19+,23-/m0/s1. The van der Waals surface area contributed by atoms with Crippen LogP contribution in [0.5, 0.6) is 0 Å². The lowest BCUT2D eigenvalue weighted by Crippen LogP contribution is -2.60. The van der Waals surface area contributed by atoms with Crippen LogP contribution in [-0.2, 0) is 23.9 Å². The van der Waals surface area contributed by atoms with Crippen molar-refractivity contribution in [3.63, 3.8) is 0 Å². The summed E-state index contributed by atoms with van der Waals surface area (Å²) in [4.78, 5) is 43.8. The van der Waals surface area contributed by atoms with Crippen LogP contribution in [0.15, 0.2) is 12.7 Å². The minimum atomic E-state index is -1.15. The van der Waals surface area contributed by atoms with E-state index < -0.39 is 41.6 Å². The molecule has 3 fully saturated rings. The van der Waals surface area contributed by atoms with E-state index in [4.69, 9.17) is 9.47 Å². The number of ether oxygens (including phenoxy) is 2. The number of esters is 1. The lowest BCUT2D eigenvalue weighted by Gasteiger charge is -2.41. The SMILES string of the molecule is C=CCN(C(=O)[C@H]1N([C@@H](CO)C(C)C)C(=O)[C@@H]2[C@@H](C(=O)OCC)[C@@H]3O[C@@]21CC3Br)C(C)C. The van der Waals surface area contributed by atoms with E-state index in [-0.39, 0.29) is 41.8 Å². The second-order valence-corrected chi connectivity index (χ2v) is 10.7. The fraction of sp³-hybridized carbons (Fsp3) is 0.783. The van der Waals surface area contributed by atoms with Crippen LogP contribution < -0.4 is 0 Å². The Hall–Kier alpha value is -1.45. The van der Waals surface area contributed by atoms with E-state index >= 15 is 0 Å². The number of amides is 2. The predicted octanol–water partition coefficient (Wildman–Crippen LogP) is 1.74. The van der Waals surface area contributed by atoms with Crippen molar-refractivity contribution >= 4 is 33.7 Å². The van der Waals surface area contributed by atoms with E-state index in [9.17, 15) is 19.5 Å². The number of aliphatic hydroxyl groups is 1. The van der Waals surface area contributed by atoms with Gasteiger partial charge in [0.2, 0.25) is 11.8 Å². The summed E-state index contributed by atoms with van der Waals surface area (Å²) in [6.45, 7) is 13.3. The van der Waals surface area contributed by atoms with Gasteiger partial charge in [0.1, 0.15) is 11.6 Å². The van der Waals surface area contributed by atoms with Crippen LogP contribution >= 0.6 is 15.9 Å². The summed E-state index contributed by atoms with van der Waals surface area (Å²) < 4.78 is 11.7. The van der Waals surface area contributed by atoms with Crippen molar-refractivity contribution in [1.29, 1.82) is 0 Å². The third-order valence-corrected chi connectivity index (χ3v) is 7.91. The molecule has 1 unspecified atom stereocenters. The number of halogens is 1. The first kappa shape index (κ1) is 25.2. The number of nitrogens with zero attached hydrogens (tertiary/aromatic N) is 2. The number of alkyl halides is 1. The first-order valence-electron chi connectivity index (χ1n) is 11.4. The Morgan fingerprint density at radius 1 is 1.41 bits per heavy atom. The zero-order chi connectivity index (χ0) is 24.0. The molecule has 1 N–H and O–H groups in total. The highest BCUT2D eigenvalue weighted by molar-refractivity contribution is 9.09. The fourth-order valence-corrected chi connectivity index (χ4v) is 6.63. The summed E-state index contributed by atoms with van der Waals surface area (Å²) in [5.74, 6) is -2.76. The number of likely N-dealkylation sites (tertiary alicyclic amines) is 1. The topological polar surface area (TPSA) is 96.4 Å². The molecule has 180 valence electrons. The van der Waals surface area contributed by atoms with Crippen molar-refractivity contribution < 1.29 is 29.0 Å². The first-order valence-corrected chi connectivity index (χ1v) is 12.3. The molecule has 7 atom stereocenters. The molecule has 2 bridgehead atoms. The Morgan fingerprint density at radius 3 is 2.56 bits per heavy atom. The highest BCUT2D eigenvalue weighted by Crippen LogP contribution is 2.61. The van der Waals surface area contributed by atoms with E-state index in [1.54, 1.807) is 17.9 Å². The van der Waals surface area contributed by atoms with Crippen LogP contribution in [-0.4, -0.2) is 87.1 Å². The zero-order valence-corrected chi connectivity index (χ0v) is 21.1. The molecule has 8 nitrogen and oxygen atoms in total. The van der Waals surface area contributed by atoms with E-state index in [2.05, 4.69) is 22.5 Å². The van der Waals surface area contributed by atoms with Gasteiger partial charge in [0, 0.05) is 17.4 Å². The molecule has 0 radical (unpaired) electrons. The molecule has 3 aliphatic heterocycles. The molecule has 0 aromatic heterocycles. The third-order valence-electron chi connectivity index (χ3n) is 7.07. The summed E-state index contributed by atoms with van der Waals surface area (Å²) in [5.41, 5.74) is -1.15. The fourth-order valence-electron chi connectivity index (χ4n) is 5.68. The second-order valence-electron chi connectivity index (χ2n) is 9.53. The minimum Gasteiger partial charge on any atom is -0.466 e. The molecule has 2 amide bonds. The highest BCUT2D eigenvalue weighted by atomic mass is 79.9. The van der Waals surface area contributed by atoms with Crippen molar-refractivity contribution in [2.24, 2.45) is 17.8 Å². The molecule has 32 heavy (non-hydrogen) atoms. The van der Waals surface area contributed by atoms with Gasteiger partial charge in [-0.25, -0.2) is 0 Å². The number of rotatable bonds is 9. The number of carbonyl (C=O) groups is 3. The summed E-state index contributed by atoms with van der Waals surface area (Å²) in [7, 11) is 0. The van der Waals surface area contributed by atoms with Crippen LogP contribution in [0.3, 0.4) is 0 Å². The average molecular weight is 515 g/mol. The monoisotopic (exact) mass is 514 g/mol. The van der Waals surface area contributed by atoms with Gasteiger partial charge in [-0.1, -0.05) is 35.9 Å². The third kappa shape index (κ3) is 3.70. The molecule has 3 heterocycles. The number of aliphatic hydroxyl groups excluding tert-OH is 1. The summed E-state index contributed by atoms with van der Waals surface area (Å²) in [6.07, 6.45) is 1.54. The normalized spacial score (nSPS) is 34.2. The Balaban J connectivity index is 2.15. The minimum absolute atomic E-state index is 0.0978. The Morgan fingerprint density at radius 2 is 2.06 bits per heavy atom. The maximum absolute atomic E-state index is 14.0. The highest BCUT2D eigenvalue weighted by Gasteiger charge is 2.77. The molecule has 0 aromatic carbocycles. The number of hydrogen-bond acceptors (Lipinski definition) is 6. The molecule has 3 aliphatic rings. The van der Waals surface area contributed by atoms with Gasteiger partial charge in [-0.3, -0.25) is 14.4 Å². The van der Waals surface area contributed by atoms with Gasteiger partial charge in [-0.05, 0) is 33.1 Å². The Labute approximate surface area is 198 Å². The molecule has 0 aliphatic carbocycles. The number of carbonyl (C=O) groups excluding carboxylic acids is 3. The van der Waals surface area contributed by atoms with E-state index in [0.29, 0.717) is 13.0 Å². The first-order chi connectivity index (χ1) is 15.1. The predicted molar refractivity (Wildman–Crippen MR) is 122 cm³/mol. The molecule has 3 saturated heterocycles. The van der Waals surface area contributed by atoms with Crippen molar-refractivity contribution in [3.05, 3.63) is 12.7 Å². The van der Waals surface area contributed by atoms with Gasteiger partial charge in [-0.15, -0.1) is 6.58 Å². The quantitative estimate of drug-likeness (QED) is 0.286. The molecule has 1 spiro atoms. The van der Waals surface area contributed by atoms with Crippen molar-refractivity contribution in [2.75, 3.05) is 19.8 Å². The molecule has 0 saturated carbocycles. The maximum atomic E-state index is 14.0. The van der Waals surface area contributed by atoms with Gasteiger partial charge in [0.15, 0.2) is 0 Å². The van der Waals surface area contributed by atoms with Crippen molar-refractivity contribution in [3.8, 4) is 0 Å². The number of hydrogen-bond donors (Lipinski definition) is 1. The Bertz CT molecular complexity index is 774. The van der Waals surface area contributed by atoms with Gasteiger partial charge < -0.3 is 24.4 Å². The van der Waals surface area contributed by atoms with Crippen LogP contribution in [0.2, 0.25) is 0 Å². The van der Waals surface area contributed by atoms with Gasteiger partial charge in [0.05, 0.1) is 37.2 Å². The molecular formula is C23H35BrN2O6. The maximum Gasteiger partial charge on any atom is 0.312 e. The Kier molecular flexibility index (Phi) is 7.42. The van der Waals surface area contributed by atoms with Gasteiger partial charge in [0.25, 0.3) is 0 Å². The lowest BCUT2D eigenvalue weighted by molar-refractivity contribution is -0.157.